The predicted octanol–water partition coefficient (Wildman–Crippen LogP) is 1.41. The Hall–Kier alpha value is -0.890. The zero-order valence-corrected chi connectivity index (χ0v) is 13.2. The maximum atomic E-state index is 12.2. The van der Waals surface area contributed by atoms with E-state index in [2.05, 4.69) is 11.6 Å². The number of aromatic nitrogens is 1. The third-order valence-corrected chi connectivity index (χ3v) is 4.93. The van der Waals surface area contributed by atoms with E-state index in [1.54, 1.807) is 12.3 Å². The van der Waals surface area contributed by atoms with Crippen molar-refractivity contribution in [2.45, 2.75) is 50.2 Å². The number of ether oxygens (including phenoxy) is 1. The molecule has 6 nitrogen and oxygen atoms in total. The van der Waals surface area contributed by atoms with Gasteiger partial charge in [-0.15, -0.1) is 0 Å². The van der Waals surface area contributed by atoms with Crippen molar-refractivity contribution in [2.75, 3.05) is 19.8 Å². The van der Waals surface area contributed by atoms with Crippen LogP contribution in [-0.2, 0) is 21.4 Å². The van der Waals surface area contributed by atoms with Crippen molar-refractivity contribution in [3.05, 3.63) is 18.0 Å². The first kappa shape index (κ1) is 16.5. The van der Waals surface area contributed by atoms with Gasteiger partial charge >= 0.3 is 0 Å². The molecule has 2 N–H and O–H groups in total. The first-order chi connectivity index (χ1) is 10.1. The van der Waals surface area contributed by atoms with Gasteiger partial charge in [0.1, 0.15) is 0 Å². The van der Waals surface area contributed by atoms with Gasteiger partial charge in [0.05, 0.1) is 18.1 Å². The number of aliphatic hydroxyl groups excluding tert-OH is 1. The molecule has 1 saturated carbocycles. The molecule has 0 spiro atoms. The van der Waals surface area contributed by atoms with E-state index in [9.17, 15) is 13.5 Å². The Morgan fingerprint density at radius 1 is 1.43 bits per heavy atom. The van der Waals surface area contributed by atoms with Gasteiger partial charge in [-0.1, -0.05) is 13.3 Å². The molecule has 120 valence electrons. The summed E-state index contributed by atoms with van der Waals surface area (Å²) in [5.41, 5.74) is 0.650. The molecule has 1 aromatic rings. The summed E-state index contributed by atoms with van der Waals surface area (Å²) in [6.45, 7) is 3.22. The molecule has 0 aliphatic heterocycles. The largest absolute Gasteiger partial charge is 0.390 e. The molecular formula is C14H24N2O4S. The topological polar surface area (TPSA) is 80.6 Å². The highest BCUT2D eigenvalue weighted by Gasteiger charge is 2.27. The molecule has 1 fully saturated rings. The fraction of sp³-hybridized carbons (Fsp3) is 0.714. The molecule has 0 saturated heterocycles. The first-order valence-electron chi connectivity index (χ1n) is 7.47. The Labute approximate surface area is 126 Å². The third-order valence-electron chi connectivity index (χ3n) is 3.50. The minimum Gasteiger partial charge on any atom is -0.390 e. The van der Waals surface area contributed by atoms with Crippen LogP contribution in [0.15, 0.2) is 17.2 Å². The Balaban J connectivity index is 1.90. The monoisotopic (exact) mass is 316 g/mol. The van der Waals surface area contributed by atoms with Gasteiger partial charge in [-0.3, -0.25) is 0 Å². The summed E-state index contributed by atoms with van der Waals surface area (Å²) in [6, 6.07) is 1.88. The van der Waals surface area contributed by atoms with E-state index in [0.717, 1.165) is 25.7 Å². The second-order valence-corrected chi connectivity index (χ2v) is 7.09. The quantitative estimate of drug-likeness (QED) is 0.640. The second kappa shape index (κ2) is 7.40. The van der Waals surface area contributed by atoms with Crippen molar-refractivity contribution in [1.29, 1.82) is 0 Å². The fourth-order valence-electron chi connectivity index (χ4n) is 2.14. The lowest BCUT2D eigenvalue weighted by Crippen LogP contribution is -2.27. The lowest BCUT2D eigenvalue weighted by molar-refractivity contribution is 0.136. The Bertz CT molecular complexity index is 549. The van der Waals surface area contributed by atoms with Crippen molar-refractivity contribution in [2.24, 2.45) is 0 Å². The SMILES string of the molecule is CCCCOCCNS(=O)(=O)c1cc(CO)n(C2CC2)c1. The van der Waals surface area contributed by atoms with Crippen LogP contribution in [0.1, 0.15) is 44.3 Å². The minimum absolute atomic E-state index is 0.147. The molecule has 0 bridgehead atoms. The van der Waals surface area contributed by atoms with Crippen molar-refractivity contribution in [3.8, 4) is 0 Å². The van der Waals surface area contributed by atoms with Crippen LogP contribution in [0, 0.1) is 0 Å². The maximum absolute atomic E-state index is 12.2. The molecule has 1 aromatic heterocycles. The lowest BCUT2D eigenvalue weighted by atomic mass is 10.4. The van der Waals surface area contributed by atoms with Crippen LogP contribution >= 0.6 is 0 Å². The van der Waals surface area contributed by atoms with Crippen LogP contribution in [0.5, 0.6) is 0 Å². The van der Waals surface area contributed by atoms with Crippen molar-refractivity contribution in [1.82, 2.24) is 9.29 Å². The molecular weight excluding hydrogens is 292 g/mol. The van der Waals surface area contributed by atoms with Gasteiger partial charge in [0, 0.05) is 31.1 Å². The van der Waals surface area contributed by atoms with Crippen molar-refractivity contribution >= 4 is 10.0 Å². The molecule has 0 unspecified atom stereocenters. The minimum atomic E-state index is -3.53. The smallest absolute Gasteiger partial charge is 0.242 e. The van der Waals surface area contributed by atoms with Crippen LogP contribution in [0.25, 0.3) is 0 Å². The van der Waals surface area contributed by atoms with Gasteiger partial charge in [0.15, 0.2) is 0 Å². The van der Waals surface area contributed by atoms with Crippen molar-refractivity contribution < 1.29 is 18.3 Å². The zero-order chi connectivity index (χ0) is 15.3. The Morgan fingerprint density at radius 2 is 2.19 bits per heavy atom. The average Bonchev–Trinajstić information content (AvgIpc) is 3.21. The Morgan fingerprint density at radius 3 is 2.81 bits per heavy atom. The molecule has 2 rings (SSSR count). The second-order valence-electron chi connectivity index (χ2n) is 5.33. The summed E-state index contributed by atoms with van der Waals surface area (Å²) in [4.78, 5) is 0.215. The fourth-order valence-corrected chi connectivity index (χ4v) is 3.21. The molecule has 1 aliphatic carbocycles. The molecule has 1 aliphatic rings. The number of rotatable bonds is 10. The number of nitrogens with one attached hydrogen (secondary N) is 1. The third kappa shape index (κ3) is 4.54. The van der Waals surface area contributed by atoms with E-state index in [1.807, 2.05) is 4.57 Å². The number of nitrogens with zero attached hydrogens (tertiary/aromatic N) is 1. The molecule has 0 atom stereocenters. The first-order valence-corrected chi connectivity index (χ1v) is 8.96. The summed E-state index contributed by atoms with van der Waals surface area (Å²) in [5.74, 6) is 0. The van der Waals surface area contributed by atoms with E-state index in [1.165, 1.54) is 0 Å². The van der Waals surface area contributed by atoms with E-state index >= 15 is 0 Å². The van der Waals surface area contributed by atoms with Gasteiger partial charge in [0.25, 0.3) is 0 Å². The van der Waals surface area contributed by atoms with Gasteiger partial charge in [0.2, 0.25) is 10.0 Å². The van der Waals surface area contributed by atoms with Gasteiger partial charge in [-0.2, -0.15) is 0 Å². The summed E-state index contributed by atoms with van der Waals surface area (Å²) in [5, 5.41) is 9.31. The summed E-state index contributed by atoms with van der Waals surface area (Å²) >= 11 is 0. The molecule has 0 aromatic carbocycles. The molecule has 0 radical (unpaired) electrons. The summed E-state index contributed by atoms with van der Waals surface area (Å²) in [7, 11) is -3.53. The number of unbranched alkanes of at least 4 members (excludes halogenated alkanes) is 1. The van der Waals surface area contributed by atoms with Crippen LogP contribution in [-0.4, -0.2) is 37.8 Å². The zero-order valence-electron chi connectivity index (χ0n) is 12.4. The number of aliphatic hydroxyl groups is 1. The van der Waals surface area contributed by atoms with Crippen LogP contribution in [0.4, 0.5) is 0 Å². The highest BCUT2D eigenvalue weighted by atomic mass is 32.2. The molecule has 1 heterocycles. The number of hydrogen-bond acceptors (Lipinski definition) is 4. The van der Waals surface area contributed by atoms with E-state index in [0.29, 0.717) is 24.9 Å². The standard InChI is InChI=1S/C14H24N2O4S/c1-2-3-7-20-8-6-15-21(18,19)14-9-13(11-17)16(10-14)12-4-5-12/h9-10,12,15,17H,2-8,11H2,1H3. The van der Waals surface area contributed by atoms with Crippen LogP contribution in [0.2, 0.25) is 0 Å². The summed E-state index contributed by atoms with van der Waals surface area (Å²) in [6.07, 6.45) is 5.74. The highest BCUT2D eigenvalue weighted by Crippen LogP contribution is 2.37. The highest BCUT2D eigenvalue weighted by molar-refractivity contribution is 7.89. The van der Waals surface area contributed by atoms with E-state index in [4.69, 9.17) is 4.74 Å². The number of sulfonamides is 1. The molecule has 0 amide bonds. The maximum Gasteiger partial charge on any atom is 0.242 e. The lowest BCUT2D eigenvalue weighted by Gasteiger charge is -2.06. The van der Waals surface area contributed by atoms with Gasteiger partial charge in [-0.05, 0) is 25.3 Å². The molecule has 21 heavy (non-hydrogen) atoms. The van der Waals surface area contributed by atoms with Crippen LogP contribution in [0.3, 0.4) is 0 Å². The Kier molecular flexibility index (Phi) is 5.80. The van der Waals surface area contributed by atoms with Gasteiger partial charge < -0.3 is 14.4 Å². The summed E-state index contributed by atoms with van der Waals surface area (Å²) < 4.78 is 34.1. The number of hydrogen-bond donors (Lipinski definition) is 2. The van der Waals surface area contributed by atoms with Crippen LogP contribution < -0.4 is 4.72 Å². The normalized spacial score (nSPS) is 15.5. The van der Waals surface area contributed by atoms with E-state index < -0.39 is 10.0 Å². The predicted molar refractivity (Wildman–Crippen MR) is 79.5 cm³/mol. The average molecular weight is 316 g/mol. The van der Waals surface area contributed by atoms with Crippen molar-refractivity contribution in [3.63, 3.8) is 0 Å². The van der Waals surface area contributed by atoms with E-state index in [-0.39, 0.29) is 18.0 Å². The van der Waals surface area contributed by atoms with Gasteiger partial charge in [-0.25, -0.2) is 13.1 Å². The molecule has 7 heteroatoms.